The number of alkyl halides is 1. The second-order valence-corrected chi connectivity index (χ2v) is 4.40. The van der Waals surface area contributed by atoms with Crippen molar-refractivity contribution in [1.29, 1.82) is 0 Å². The summed E-state index contributed by atoms with van der Waals surface area (Å²) in [4.78, 5) is 11.2. The second-order valence-electron chi connectivity index (χ2n) is 3.60. The van der Waals surface area contributed by atoms with Crippen LogP contribution in [0.5, 0.6) is 0 Å². The Morgan fingerprint density at radius 1 is 1.19 bits per heavy atom. The molecule has 0 radical (unpaired) electrons. The third-order valence-corrected chi connectivity index (χ3v) is 2.79. The molecule has 0 aliphatic rings. The van der Waals surface area contributed by atoms with Gasteiger partial charge in [0.2, 0.25) is 0 Å². The molecule has 0 aromatic heterocycles. The highest BCUT2D eigenvalue weighted by atomic mass is 79.9. The Balaban J connectivity index is 2.06. The summed E-state index contributed by atoms with van der Waals surface area (Å²) in [6, 6.07) is 10.2. The Hall–Kier alpha value is -0.830. The fourth-order valence-electron chi connectivity index (χ4n) is 1.39. The Morgan fingerprint density at radius 2 is 1.94 bits per heavy atom. The third-order valence-electron chi connectivity index (χ3n) is 2.23. The van der Waals surface area contributed by atoms with Crippen LogP contribution in [0.4, 0.5) is 0 Å². The highest BCUT2D eigenvalue weighted by Crippen LogP contribution is 2.03. The quantitative estimate of drug-likeness (QED) is 0.436. The number of hydrogen-bond donors (Lipinski definition) is 0. The lowest BCUT2D eigenvalue weighted by Crippen LogP contribution is -2.06. The van der Waals surface area contributed by atoms with E-state index in [-0.39, 0.29) is 5.97 Å². The Labute approximate surface area is 105 Å². The molecule has 16 heavy (non-hydrogen) atoms. The topological polar surface area (TPSA) is 26.3 Å². The summed E-state index contributed by atoms with van der Waals surface area (Å²) in [5.41, 5.74) is 1.29. The van der Waals surface area contributed by atoms with Crippen LogP contribution >= 0.6 is 15.9 Å². The van der Waals surface area contributed by atoms with Gasteiger partial charge < -0.3 is 4.74 Å². The molecule has 1 aromatic carbocycles. The van der Waals surface area contributed by atoms with Crippen molar-refractivity contribution in [3.05, 3.63) is 35.9 Å². The zero-order valence-electron chi connectivity index (χ0n) is 9.32. The highest BCUT2D eigenvalue weighted by molar-refractivity contribution is 9.09. The summed E-state index contributed by atoms with van der Waals surface area (Å²) in [6.07, 6.45) is 3.21. The van der Waals surface area contributed by atoms with E-state index in [0.717, 1.165) is 24.6 Å². The van der Waals surface area contributed by atoms with Crippen LogP contribution < -0.4 is 0 Å². The summed E-state index contributed by atoms with van der Waals surface area (Å²) in [5, 5.41) is 0.853. The van der Waals surface area contributed by atoms with Crippen molar-refractivity contribution < 1.29 is 9.53 Å². The van der Waals surface area contributed by atoms with Crippen LogP contribution in [0.2, 0.25) is 0 Å². The van der Waals surface area contributed by atoms with Crippen molar-refractivity contribution in [3.8, 4) is 0 Å². The normalized spacial score (nSPS) is 10.1. The largest absolute Gasteiger partial charge is 0.466 e. The van der Waals surface area contributed by atoms with Crippen LogP contribution in [0.3, 0.4) is 0 Å². The first-order chi connectivity index (χ1) is 7.83. The van der Waals surface area contributed by atoms with Gasteiger partial charge in [-0.1, -0.05) is 46.3 Å². The van der Waals surface area contributed by atoms with Gasteiger partial charge in [-0.05, 0) is 24.8 Å². The first kappa shape index (κ1) is 13.2. The minimum atomic E-state index is -0.0903. The summed E-state index contributed by atoms with van der Waals surface area (Å²) in [5.74, 6) is -0.0903. The molecule has 0 saturated carbocycles. The van der Waals surface area contributed by atoms with Crippen LogP contribution in [0.1, 0.15) is 24.8 Å². The van der Waals surface area contributed by atoms with Gasteiger partial charge in [-0.3, -0.25) is 4.79 Å². The smallest absolute Gasteiger partial charge is 0.305 e. The fraction of sp³-hybridized carbons (Fsp3) is 0.462. The molecule has 0 amide bonds. The Kier molecular flexibility index (Phi) is 6.90. The molecule has 0 aliphatic carbocycles. The number of rotatable bonds is 7. The van der Waals surface area contributed by atoms with Crippen molar-refractivity contribution in [3.63, 3.8) is 0 Å². The maximum absolute atomic E-state index is 11.2. The molecule has 0 N–H and O–H groups in total. The predicted molar refractivity (Wildman–Crippen MR) is 68.8 cm³/mol. The van der Waals surface area contributed by atoms with Crippen molar-refractivity contribution in [2.75, 3.05) is 11.9 Å². The van der Waals surface area contributed by atoms with Gasteiger partial charge in [0.05, 0.1) is 6.61 Å². The molecule has 0 unspecified atom stereocenters. The molecule has 0 heterocycles. The monoisotopic (exact) mass is 284 g/mol. The number of carbonyl (C=O) groups is 1. The van der Waals surface area contributed by atoms with E-state index in [9.17, 15) is 4.79 Å². The van der Waals surface area contributed by atoms with Gasteiger partial charge >= 0.3 is 5.97 Å². The molecule has 0 aliphatic heterocycles. The average Bonchev–Trinajstić information content (AvgIpc) is 2.33. The molecule has 0 saturated heterocycles. The van der Waals surface area contributed by atoms with Crippen LogP contribution in [0, 0.1) is 0 Å². The van der Waals surface area contributed by atoms with Gasteiger partial charge in [-0.25, -0.2) is 0 Å². The summed E-state index contributed by atoms with van der Waals surface area (Å²) in [7, 11) is 0. The number of benzene rings is 1. The Bertz CT molecular complexity index is 298. The fourth-order valence-corrected chi connectivity index (χ4v) is 1.67. The van der Waals surface area contributed by atoms with Crippen LogP contribution in [0.25, 0.3) is 0 Å². The lowest BCUT2D eigenvalue weighted by molar-refractivity contribution is -0.143. The zero-order chi connectivity index (χ0) is 11.6. The summed E-state index contributed by atoms with van der Waals surface area (Å²) < 4.78 is 5.11. The van der Waals surface area contributed by atoms with Crippen molar-refractivity contribution in [1.82, 2.24) is 0 Å². The van der Waals surface area contributed by atoms with Crippen LogP contribution in [-0.4, -0.2) is 17.9 Å². The van der Waals surface area contributed by atoms with E-state index in [0.29, 0.717) is 13.0 Å². The van der Waals surface area contributed by atoms with Gasteiger partial charge in [0.25, 0.3) is 0 Å². The van der Waals surface area contributed by atoms with Gasteiger partial charge in [-0.15, -0.1) is 0 Å². The second kappa shape index (κ2) is 8.34. The lowest BCUT2D eigenvalue weighted by atomic mass is 10.1. The van der Waals surface area contributed by atoms with E-state index < -0.39 is 0 Å². The molecule has 2 nitrogen and oxygen atoms in total. The van der Waals surface area contributed by atoms with Crippen LogP contribution in [0.15, 0.2) is 30.3 Å². The van der Waals surface area contributed by atoms with Crippen molar-refractivity contribution >= 4 is 21.9 Å². The molecule has 88 valence electrons. The lowest BCUT2D eigenvalue weighted by Gasteiger charge is -2.04. The molecule has 0 fully saturated rings. The number of halogens is 1. The van der Waals surface area contributed by atoms with Gasteiger partial charge in [0.1, 0.15) is 0 Å². The summed E-state index contributed by atoms with van der Waals surface area (Å²) >= 11 is 3.28. The minimum Gasteiger partial charge on any atom is -0.466 e. The number of esters is 1. The van der Waals surface area contributed by atoms with E-state index in [1.54, 1.807) is 0 Å². The molecule has 3 heteroatoms. The highest BCUT2D eigenvalue weighted by Gasteiger charge is 2.01. The standard InChI is InChI=1S/C13H17BrO2/c14-10-4-9-13(15)16-11-5-8-12-6-2-1-3-7-12/h1-3,6-7H,4-5,8-11H2. The van der Waals surface area contributed by atoms with E-state index in [1.807, 2.05) is 18.2 Å². The molecule has 0 bridgehead atoms. The van der Waals surface area contributed by atoms with Gasteiger partial charge in [-0.2, -0.15) is 0 Å². The molecule has 1 rings (SSSR count). The minimum absolute atomic E-state index is 0.0903. The van der Waals surface area contributed by atoms with Gasteiger partial charge in [0, 0.05) is 11.8 Å². The Morgan fingerprint density at radius 3 is 2.62 bits per heavy atom. The number of aryl methyl sites for hydroxylation is 1. The molecule has 1 aromatic rings. The molecular weight excluding hydrogens is 268 g/mol. The SMILES string of the molecule is O=C(CCCBr)OCCCc1ccccc1. The molecular formula is C13H17BrO2. The summed E-state index contributed by atoms with van der Waals surface area (Å²) in [6.45, 7) is 0.524. The van der Waals surface area contributed by atoms with E-state index in [4.69, 9.17) is 4.74 Å². The van der Waals surface area contributed by atoms with Crippen LogP contribution in [-0.2, 0) is 16.0 Å². The van der Waals surface area contributed by atoms with E-state index >= 15 is 0 Å². The van der Waals surface area contributed by atoms with Crippen molar-refractivity contribution in [2.45, 2.75) is 25.7 Å². The van der Waals surface area contributed by atoms with E-state index in [2.05, 4.69) is 28.1 Å². The maximum atomic E-state index is 11.2. The van der Waals surface area contributed by atoms with E-state index in [1.165, 1.54) is 5.56 Å². The maximum Gasteiger partial charge on any atom is 0.305 e. The number of carbonyl (C=O) groups excluding carboxylic acids is 1. The molecule has 0 atom stereocenters. The zero-order valence-corrected chi connectivity index (χ0v) is 10.9. The predicted octanol–water partition coefficient (Wildman–Crippen LogP) is 3.34. The molecule has 0 spiro atoms. The number of ether oxygens (including phenoxy) is 1. The third kappa shape index (κ3) is 5.91. The first-order valence-corrected chi connectivity index (χ1v) is 6.70. The number of hydrogen-bond acceptors (Lipinski definition) is 2. The van der Waals surface area contributed by atoms with Crippen molar-refractivity contribution in [2.24, 2.45) is 0 Å². The first-order valence-electron chi connectivity index (χ1n) is 5.58. The van der Waals surface area contributed by atoms with Gasteiger partial charge in [0.15, 0.2) is 0 Å². The average molecular weight is 285 g/mol.